The summed E-state index contributed by atoms with van der Waals surface area (Å²) in [6.07, 6.45) is 1.15. The molecule has 1 atom stereocenters. The second-order valence-electron chi connectivity index (χ2n) is 5.62. The number of benzene rings is 1. The zero-order valence-electron chi connectivity index (χ0n) is 13.0. The van der Waals surface area contributed by atoms with Crippen molar-refractivity contribution in [3.8, 4) is 5.75 Å². The quantitative estimate of drug-likeness (QED) is 0.823. The Morgan fingerprint density at radius 3 is 2.53 bits per heavy atom. The Balaban J connectivity index is 2.64. The highest BCUT2D eigenvalue weighted by molar-refractivity contribution is 5.41. The highest BCUT2D eigenvalue weighted by Gasteiger charge is 2.08. The smallest absolute Gasteiger partial charge is 0.122 e. The Bertz CT molecular complexity index is 404. The molecule has 108 valence electrons. The van der Waals surface area contributed by atoms with Gasteiger partial charge in [0.1, 0.15) is 5.75 Å². The van der Waals surface area contributed by atoms with Crippen molar-refractivity contribution in [1.29, 1.82) is 0 Å². The molecule has 2 N–H and O–H groups in total. The lowest BCUT2D eigenvalue weighted by atomic mass is 10.0. The maximum Gasteiger partial charge on any atom is 0.122 e. The highest BCUT2D eigenvalue weighted by Crippen LogP contribution is 2.23. The first-order valence-corrected chi connectivity index (χ1v) is 7.00. The van der Waals surface area contributed by atoms with Crippen LogP contribution in [-0.4, -0.2) is 32.1 Å². The van der Waals surface area contributed by atoms with Crippen molar-refractivity contribution < 1.29 is 4.74 Å². The average molecular weight is 264 g/mol. The van der Waals surface area contributed by atoms with Crippen LogP contribution in [0.1, 0.15) is 30.0 Å². The first kappa shape index (κ1) is 16.0. The molecule has 0 fully saturated rings. The normalized spacial score (nSPS) is 12.8. The van der Waals surface area contributed by atoms with Crippen molar-refractivity contribution in [2.24, 2.45) is 11.7 Å². The Morgan fingerprint density at radius 1 is 1.26 bits per heavy atom. The molecule has 0 radical (unpaired) electrons. The summed E-state index contributed by atoms with van der Waals surface area (Å²) < 4.78 is 5.35. The van der Waals surface area contributed by atoms with Crippen molar-refractivity contribution in [3.05, 3.63) is 28.8 Å². The monoisotopic (exact) mass is 264 g/mol. The summed E-state index contributed by atoms with van der Waals surface area (Å²) in [5, 5.41) is 0. The fraction of sp³-hybridized carbons (Fsp3) is 0.625. The Hall–Kier alpha value is -1.06. The minimum Gasteiger partial charge on any atom is -0.496 e. The van der Waals surface area contributed by atoms with Crippen molar-refractivity contribution in [1.82, 2.24) is 4.90 Å². The molecule has 0 heterocycles. The predicted octanol–water partition coefficient (Wildman–Crippen LogP) is 2.73. The number of ether oxygens (including phenoxy) is 1. The van der Waals surface area contributed by atoms with Gasteiger partial charge in [0.15, 0.2) is 0 Å². The van der Waals surface area contributed by atoms with E-state index in [1.165, 1.54) is 16.7 Å². The first-order chi connectivity index (χ1) is 8.97. The molecule has 0 aliphatic carbocycles. The Labute approximate surface area is 117 Å². The number of rotatable bonds is 7. The van der Waals surface area contributed by atoms with Gasteiger partial charge in [-0.3, -0.25) is 0 Å². The van der Waals surface area contributed by atoms with Crippen molar-refractivity contribution >= 4 is 0 Å². The van der Waals surface area contributed by atoms with Crippen molar-refractivity contribution in [2.75, 3.05) is 27.2 Å². The van der Waals surface area contributed by atoms with Crippen LogP contribution in [0.25, 0.3) is 0 Å². The van der Waals surface area contributed by atoms with Crippen molar-refractivity contribution in [2.45, 2.75) is 33.7 Å². The van der Waals surface area contributed by atoms with Gasteiger partial charge in [-0.2, -0.15) is 0 Å². The molecule has 19 heavy (non-hydrogen) atoms. The number of hydrogen-bond donors (Lipinski definition) is 1. The first-order valence-electron chi connectivity index (χ1n) is 7.00. The molecule has 1 rings (SSSR count). The van der Waals surface area contributed by atoms with Crippen LogP contribution in [0.3, 0.4) is 0 Å². The number of methoxy groups -OCH3 is 1. The Kier molecular flexibility index (Phi) is 6.32. The average Bonchev–Trinajstić information content (AvgIpc) is 2.39. The zero-order chi connectivity index (χ0) is 14.4. The molecular formula is C16H28N2O. The molecule has 0 aromatic heterocycles. The van der Waals surface area contributed by atoms with Crippen LogP contribution in [0.15, 0.2) is 12.1 Å². The molecule has 3 heteroatoms. The molecular weight excluding hydrogens is 236 g/mol. The van der Waals surface area contributed by atoms with Gasteiger partial charge in [0.25, 0.3) is 0 Å². The number of nitrogens with zero attached hydrogens (tertiary/aromatic N) is 1. The molecule has 0 aliphatic rings. The van der Waals surface area contributed by atoms with Crippen LogP contribution in [0.4, 0.5) is 0 Å². The lowest BCUT2D eigenvalue weighted by Crippen LogP contribution is -2.23. The molecule has 0 amide bonds. The maximum atomic E-state index is 5.65. The van der Waals surface area contributed by atoms with Crippen LogP contribution < -0.4 is 10.5 Å². The molecule has 0 spiro atoms. The van der Waals surface area contributed by atoms with Gasteiger partial charge in [0, 0.05) is 6.54 Å². The SMILES string of the molecule is COc1cc(C)c(CN(C)CCC(C)CN)cc1C. The van der Waals surface area contributed by atoms with Crippen LogP contribution >= 0.6 is 0 Å². The van der Waals surface area contributed by atoms with E-state index in [4.69, 9.17) is 10.5 Å². The molecule has 1 aromatic carbocycles. The summed E-state index contributed by atoms with van der Waals surface area (Å²) in [4.78, 5) is 2.36. The third kappa shape index (κ3) is 4.84. The van der Waals surface area contributed by atoms with Crippen molar-refractivity contribution in [3.63, 3.8) is 0 Å². The summed E-state index contributed by atoms with van der Waals surface area (Å²) in [5.74, 6) is 1.57. The van der Waals surface area contributed by atoms with Gasteiger partial charge in [0.05, 0.1) is 7.11 Å². The van der Waals surface area contributed by atoms with Gasteiger partial charge in [-0.05, 0) is 69.1 Å². The summed E-state index contributed by atoms with van der Waals surface area (Å²) >= 11 is 0. The molecule has 0 aliphatic heterocycles. The lowest BCUT2D eigenvalue weighted by molar-refractivity contribution is 0.299. The van der Waals surface area contributed by atoms with Gasteiger partial charge < -0.3 is 15.4 Å². The van der Waals surface area contributed by atoms with E-state index >= 15 is 0 Å². The van der Waals surface area contributed by atoms with E-state index in [0.717, 1.165) is 31.8 Å². The van der Waals surface area contributed by atoms with E-state index in [0.29, 0.717) is 5.92 Å². The molecule has 3 nitrogen and oxygen atoms in total. The maximum absolute atomic E-state index is 5.65. The van der Waals surface area contributed by atoms with E-state index in [9.17, 15) is 0 Å². The van der Waals surface area contributed by atoms with E-state index in [2.05, 4.69) is 44.9 Å². The number of aryl methyl sites for hydroxylation is 2. The summed E-state index contributed by atoms with van der Waals surface area (Å²) in [7, 11) is 3.89. The van der Waals surface area contributed by atoms with Gasteiger partial charge in [-0.1, -0.05) is 13.0 Å². The van der Waals surface area contributed by atoms with E-state index < -0.39 is 0 Å². The summed E-state index contributed by atoms with van der Waals surface area (Å²) in [6, 6.07) is 4.36. The minimum atomic E-state index is 0.598. The van der Waals surface area contributed by atoms with Crippen LogP contribution in [0, 0.1) is 19.8 Å². The third-order valence-electron chi connectivity index (χ3n) is 3.70. The zero-order valence-corrected chi connectivity index (χ0v) is 13.0. The van der Waals surface area contributed by atoms with Gasteiger partial charge in [-0.15, -0.1) is 0 Å². The largest absolute Gasteiger partial charge is 0.496 e. The topological polar surface area (TPSA) is 38.5 Å². The second-order valence-corrected chi connectivity index (χ2v) is 5.62. The van der Waals surface area contributed by atoms with Gasteiger partial charge >= 0.3 is 0 Å². The fourth-order valence-electron chi connectivity index (χ4n) is 2.17. The van der Waals surface area contributed by atoms with Gasteiger partial charge in [0.2, 0.25) is 0 Å². The van der Waals surface area contributed by atoms with E-state index in [1.54, 1.807) is 7.11 Å². The predicted molar refractivity (Wildman–Crippen MR) is 81.6 cm³/mol. The van der Waals surface area contributed by atoms with Crippen LogP contribution in [0.5, 0.6) is 5.75 Å². The third-order valence-corrected chi connectivity index (χ3v) is 3.70. The lowest BCUT2D eigenvalue weighted by Gasteiger charge is -2.20. The number of nitrogens with two attached hydrogens (primary N) is 1. The molecule has 1 unspecified atom stereocenters. The minimum absolute atomic E-state index is 0.598. The molecule has 0 saturated carbocycles. The summed E-state index contributed by atoms with van der Waals surface area (Å²) in [6.45, 7) is 9.29. The Morgan fingerprint density at radius 2 is 1.95 bits per heavy atom. The molecule has 0 saturated heterocycles. The highest BCUT2D eigenvalue weighted by atomic mass is 16.5. The van der Waals surface area contributed by atoms with Gasteiger partial charge in [-0.25, -0.2) is 0 Å². The van der Waals surface area contributed by atoms with E-state index in [-0.39, 0.29) is 0 Å². The second kappa shape index (κ2) is 7.51. The number of hydrogen-bond acceptors (Lipinski definition) is 3. The van der Waals surface area contributed by atoms with Crippen LogP contribution in [0.2, 0.25) is 0 Å². The fourth-order valence-corrected chi connectivity index (χ4v) is 2.17. The standard InChI is InChI=1S/C16H28N2O/c1-12(10-17)6-7-18(4)11-15-8-14(3)16(19-5)9-13(15)2/h8-9,12H,6-7,10-11,17H2,1-5H3. The summed E-state index contributed by atoms with van der Waals surface area (Å²) in [5.41, 5.74) is 9.52. The molecule has 0 bridgehead atoms. The molecule has 1 aromatic rings. The van der Waals surface area contributed by atoms with E-state index in [1.807, 2.05) is 0 Å². The van der Waals surface area contributed by atoms with Crippen LogP contribution in [-0.2, 0) is 6.54 Å².